The van der Waals surface area contributed by atoms with Crippen LogP contribution in [0.25, 0.3) is 0 Å². The Labute approximate surface area is 127 Å². The minimum Gasteiger partial charge on any atom is -0.470 e. The molecule has 6 heteroatoms. The summed E-state index contributed by atoms with van der Waals surface area (Å²) in [6.45, 7) is 5.66. The van der Waals surface area contributed by atoms with E-state index in [0.717, 1.165) is 0 Å². The van der Waals surface area contributed by atoms with Crippen LogP contribution in [0.3, 0.4) is 0 Å². The molecular formula is C15H16ClFN2O2. The van der Waals surface area contributed by atoms with Crippen LogP contribution in [-0.2, 0) is 0 Å². The molecule has 2 N–H and O–H groups in total. The fourth-order valence-electron chi connectivity index (χ4n) is 1.53. The van der Waals surface area contributed by atoms with Crippen molar-refractivity contribution in [1.29, 1.82) is 0 Å². The van der Waals surface area contributed by atoms with Crippen molar-refractivity contribution in [2.24, 2.45) is 0 Å². The van der Waals surface area contributed by atoms with Crippen LogP contribution in [0.1, 0.15) is 20.8 Å². The van der Waals surface area contributed by atoms with Crippen molar-refractivity contribution >= 4 is 17.3 Å². The van der Waals surface area contributed by atoms with Crippen LogP contribution in [0.4, 0.5) is 10.1 Å². The van der Waals surface area contributed by atoms with E-state index in [-0.39, 0.29) is 16.8 Å². The van der Waals surface area contributed by atoms with Crippen molar-refractivity contribution < 1.29 is 13.9 Å². The molecule has 0 amide bonds. The summed E-state index contributed by atoms with van der Waals surface area (Å²) in [6, 6.07) is 7.07. The quantitative estimate of drug-likeness (QED) is 0.911. The van der Waals surface area contributed by atoms with E-state index in [1.807, 2.05) is 20.8 Å². The number of pyridine rings is 1. The number of nitrogens with zero attached hydrogens (tertiary/aromatic N) is 1. The number of anilines is 1. The van der Waals surface area contributed by atoms with Crippen LogP contribution < -0.4 is 15.2 Å². The molecule has 0 aliphatic carbocycles. The zero-order chi connectivity index (χ0) is 15.6. The van der Waals surface area contributed by atoms with E-state index in [0.29, 0.717) is 11.4 Å². The summed E-state index contributed by atoms with van der Waals surface area (Å²) in [6.07, 6.45) is 0. The van der Waals surface area contributed by atoms with Gasteiger partial charge in [-0.05, 0) is 45.0 Å². The van der Waals surface area contributed by atoms with Gasteiger partial charge in [0.2, 0.25) is 11.8 Å². The van der Waals surface area contributed by atoms with Crippen LogP contribution in [0.15, 0.2) is 30.3 Å². The van der Waals surface area contributed by atoms with Crippen molar-refractivity contribution in [3.8, 4) is 17.5 Å². The SMILES string of the molecule is CC(C)(C)Oc1nc(Oc2ccc(F)cc2Cl)ccc1N. The van der Waals surface area contributed by atoms with Crippen LogP contribution in [0.5, 0.6) is 17.5 Å². The van der Waals surface area contributed by atoms with E-state index in [2.05, 4.69) is 4.98 Å². The van der Waals surface area contributed by atoms with Crippen LogP contribution >= 0.6 is 11.6 Å². The number of hydrogen-bond acceptors (Lipinski definition) is 4. The van der Waals surface area contributed by atoms with Gasteiger partial charge in [0.1, 0.15) is 17.2 Å². The molecule has 4 nitrogen and oxygen atoms in total. The van der Waals surface area contributed by atoms with Crippen molar-refractivity contribution in [3.63, 3.8) is 0 Å². The minimum atomic E-state index is -0.437. The summed E-state index contributed by atoms with van der Waals surface area (Å²) in [5, 5.41) is 0.159. The van der Waals surface area contributed by atoms with Crippen LogP contribution in [0, 0.1) is 5.82 Å². The maximum Gasteiger partial charge on any atom is 0.241 e. The van der Waals surface area contributed by atoms with Crippen molar-refractivity contribution in [2.75, 3.05) is 5.73 Å². The van der Waals surface area contributed by atoms with Gasteiger partial charge in [-0.1, -0.05) is 11.6 Å². The third-order valence-corrected chi connectivity index (χ3v) is 2.67. The smallest absolute Gasteiger partial charge is 0.241 e. The predicted octanol–water partition coefficient (Wildman–Crippen LogP) is 4.43. The molecule has 2 aromatic rings. The van der Waals surface area contributed by atoms with Gasteiger partial charge >= 0.3 is 0 Å². The zero-order valence-corrected chi connectivity index (χ0v) is 12.7. The Hall–Kier alpha value is -2.01. The van der Waals surface area contributed by atoms with Gasteiger partial charge in [-0.3, -0.25) is 0 Å². The highest BCUT2D eigenvalue weighted by molar-refractivity contribution is 6.32. The lowest BCUT2D eigenvalue weighted by Gasteiger charge is -2.21. The molecule has 0 spiro atoms. The summed E-state index contributed by atoms with van der Waals surface area (Å²) in [4.78, 5) is 4.19. The third kappa shape index (κ3) is 4.23. The molecule has 21 heavy (non-hydrogen) atoms. The lowest BCUT2D eigenvalue weighted by atomic mass is 10.2. The lowest BCUT2D eigenvalue weighted by Crippen LogP contribution is -2.24. The van der Waals surface area contributed by atoms with Crippen molar-refractivity contribution in [3.05, 3.63) is 41.2 Å². The van der Waals surface area contributed by atoms with Crippen LogP contribution in [-0.4, -0.2) is 10.6 Å². The number of aromatic nitrogens is 1. The van der Waals surface area contributed by atoms with E-state index in [4.69, 9.17) is 26.8 Å². The Balaban J connectivity index is 2.26. The van der Waals surface area contributed by atoms with Crippen LogP contribution in [0.2, 0.25) is 5.02 Å². The number of hydrogen-bond donors (Lipinski definition) is 1. The first-order valence-electron chi connectivity index (χ1n) is 6.33. The average Bonchev–Trinajstić information content (AvgIpc) is 2.35. The maximum absolute atomic E-state index is 13.0. The second-order valence-corrected chi connectivity index (χ2v) is 5.84. The highest BCUT2D eigenvalue weighted by Crippen LogP contribution is 2.32. The number of halogens is 2. The number of nitrogen functional groups attached to an aromatic ring is 1. The molecule has 0 radical (unpaired) electrons. The number of rotatable bonds is 3. The highest BCUT2D eigenvalue weighted by atomic mass is 35.5. The number of ether oxygens (including phenoxy) is 2. The Kier molecular flexibility index (Phi) is 4.23. The molecule has 1 aromatic carbocycles. The largest absolute Gasteiger partial charge is 0.470 e. The first kappa shape index (κ1) is 15.4. The molecule has 0 fully saturated rings. The van der Waals surface area contributed by atoms with Gasteiger partial charge < -0.3 is 15.2 Å². The monoisotopic (exact) mass is 310 g/mol. The second kappa shape index (κ2) is 5.77. The van der Waals surface area contributed by atoms with Gasteiger partial charge in [-0.15, -0.1) is 0 Å². The molecule has 2 rings (SSSR count). The van der Waals surface area contributed by atoms with Gasteiger partial charge in [0, 0.05) is 6.07 Å². The number of benzene rings is 1. The van der Waals surface area contributed by atoms with Gasteiger partial charge in [0.25, 0.3) is 0 Å². The molecule has 1 heterocycles. The molecule has 0 bridgehead atoms. The summed E-state index contributed by atoms with van der Waals surface area (Å²) >= 11 is 5.91. The van der Waals surface area contributed by atoms with Gasteiger partial charge in [0.15, 0.2) is 0 Å². The molecule has 1 aromatic heterocycles. The fourth-order valence-corrected chi connectivity index (χ4v) is 1.74. The zero-order valence-electron chi connectivity index (χ0n) is 12.0. The first-order chi connectivity index (χ1) is 9.74. The summed E-state index contributed by atoms with van der Waals surface area (Å²) < 4.78 is 24.2. The average molecular weight is 311 g/mol. The van der Waals surface area contributed by atoms with Gasteiger partial charge in [-0.2, -0.15) is 4.98 Å². The Morgan fingerprint density at radius 2 is 1.90 bits per heavy atom. The minimum absolute atomic E-state index is 0.159. The molecule has 0 aliphatic rings. The normalized spacial score (nSPS) is 11.3. The Morgan fingerprint density at radius 1 is 1.19 bits per heavy atom. The van der Waals surface area contributed by atoms with E-state index >= 15 is 0 Å². The standard InChI is InChI=1S/C15H16ClFN2O2/c1-15(2,3)21-14-11(18)5-7-13(19-14)20-12-6-4-9(17)8-10(12)16/h4-8H,18H2,1-3H3. The Morgan fingerprint density at radius 3 is 2.52 bits per heavy atom. The molecule has 0 saturated carbocycles. The first-order valence-corrected chi connectivity index (χ1v) is 6.71. The number of nitrogens with two attached hydrogens (primary N) is 1. The molecule has 0 unspecified atom stereocenters. The fraction of sp³-hybridized carbons (Fsp3) is 0.267. The second-order valence-electron chi connectivity index (χ2n) is 5.44. The van der Waals surface area contributed by atoms with Gasteiger partial charge in [-0.25, -0.2) is 4.39 Å². The maximum atomic E-state index is 13.0. The van der Waals surface area contributed by atoms with E-state index in [1.54, 1.807) is 12.1 Å². The van der Waals surface area contributed by atoms with E-state index in [1.165, 1.54) is 18.2 Å². The summed E-state index contributed by atoms with van der Waals surface area (Å²) in [7, 11) is 0. The Bertz CT molecular complexity index is 657. The molecule has 0 atom stereocenters. The van der Waals surface area contributed by atoms with Crippen molar-refractivity contribution in [1.82, 2.24) is 4.98 Å². The molecule has 112 valence electrons. The molecule has 0 saturated heterocycles. The third-order valence-electron chi connectivity index (χ3n) is 2.38. The summed E-state index contributed by atoms with van der Waals surface area (Å²) in [5.41, 5.74) is 5.79. The summed E-state index contributed by atoms with van der Waals surface area (Å²) in [5.74, 6) is 0.404. The molecular weight excluding hydrogens is 295 g/mol. The van der Waals surface area contributed by atoms with Crippen molar-refractivity contribution in [2.45, 2.75) is 26.4 Å². The van der Waals surface area contributed by atoms with E-state index < -0.39 is 11.4 Å². The predicted molar refractivity (Wildman–Crippen MR) is 80.5 cm³/mol. The topological polar surface area (TPSA) is 57.4 Å². The van der Waals surface area contributed by atoms with E-state index in [9.17, 15) is 4.39 Å². The molecule has 0 aliphatic heterocycles. The highest BCUT2D eigenvalue weighted by Gasteiger charge is 2.16. The van der Waals surface area contributed by atoms with Gasteiger partial charge in [0.05, 0.1) is 10.7 Å². The lowest BCUT2D eigenvalue weighted by molar-refractivity contribution is 0.124.